The number of hydrogen-bond acceptors (Lipinski definition) is 1. The first-order valence-electron chi connectivity index (χ1n) is 2.98. The lowest BCUT2D eigenvalue weighted by Gasteiger charge is -2.21. The van der Waals surface area contributed by atoms with Crippen molar-refractivity contribution in [2.45, 2.75) is 39.2 Å². The molecule has 0 aromatic rings. The molecule has 8 heavy (non-hydrogen) atoms. The first-order chi connectivity index (χ1) is 3.68. The molecule has 1 nitrogen and oxygen atoms in total. The first kappa shape index (κ1) is 8.25. The Morgan fingerprint density at radius 1 is 1.38 bits per heavy atom. The van der Waals surface area contributed by atoms with Crippen LogP contribution in [-0.4, -0.2) is 5.60 Å². The number of hydrogen-bond donors (Lipinski definition) is 0. The van der Waals surface area contributed by atoms with E-state index in [0.29, 0.717) is 0 Å². The van der Waals surface area contributed by atoms with Gasteiger partial charge in [0.1, 0.15) is 0 Å². The van der Waals surface area contributed by atoms with Crippen LogP contribution in [0.25, 0.3) is 0 Å². The largest absolute Gasteiger partial charge is 0.273 e. The average Bonchev–Trinajstić information content (AvgIpc) is 1.87. The van der Waals surface area contributed by atoms with Gasteiger partial charge in [-0.05, 0) is 19.8 Å². The molecule has 0 aromatic carbocycles. The van der Waals surface area contributed by atoms with E-state index in [4.69, 9.17) is 16.2 Å². The molecule has 0 fully saturated rings. The van der Waals surface area contributed by atoms with Crippen molar-refractivity contribution in [1.82, 2.24) is 0 Å². The van der Waals surface area contributed by atoms with E-state index in [1.807, 2.05) is 6.92 Å². The molecule has 0 aliphatic rings. The maximum absolute atomic E-state index is 5.21. The zero-order valence-electron chi connectivity index (χ0n) is 5.70. The van der Waals surface area contributed by atoms with Crippen molar-refractivity contribution < 1.29 is 4.29 Å². The van der Waals surface area contributed by atoms with Gasteiger partial charge in [-0.1, -0.05) is 13.8 Å². The van der Waals surface area contributed by atoms with Crippen LogP contribution >= 0.6 is 11.9 Å². The van der Waals surface area contributed by atoms with Crippen LogP contribution in [0.15, 0.2) is 0 Å². The van der Waals surface area contributed by atoms with Crippen LogP contribution in [0.4, 0.5) is 0 Å². The van der Waals surface area contributed by atoms with Gasteiger partial charge in [0.2, 0.25) is 0 Å². The molecule has 0 saturated carbocycles. The van der Waals surface area contributed by atoms with Gasteiger partial charge in [-0.15, -0.1) is 0 Å². The van der Waals surface area contributed by atoms with Gasteiger partial charge in [0.15, 0.2) is 0 Å². The van der Waals surface area contributed by atoms with Crippen molar-refractivity contribution in [3.8, 4) is 0 Å². The van der Waals surface area contributed by atoms with Crippen LogP contribution in [-0.2, 0) is 4.29 Å². The number of halogens is 1. The van der Waals surface area contributed by atoms with Gasteiger partial charge in [0.25, 0.3) is 0 Å². The fourth-order valence-corrected chi connectivity index (χ4v) is 0.577. The van der Waals surface area contributed by atoms with Crippen molar-refractivity contribution in [2.75, 3.05) is 0 Å². The third-order valence-electron chi connectivity index (χ3n) is 1.68. The molecule has 0 amide bonds. The standard InChI is InChI=1S/C6H13ClO/c1-4-6(3,5-2)8-7/h4-5H2,1-3H3. The van der Waals surface area contributed by atoms with Gasteiger partial charge >= 0.3 is 0 Å². The molecular weight excluding hydrogens is 124 g/mol. The summed E-state index contributed by atoms with van der Waals surface area (Å²) >= 11 is 5.21. The van der Waals surface area contributed by atoms with Gasteiger partial charge in [0.05, 0.1) is 17.5 Å². The molecule has 0 atom stereocenters. The SMILES string of the molecule is CCC(C)(CC)OCl. The topological polar surface area (TPSA) is 9.23 Å². The number of rotatable bonds is 3. The van der Waals surface area contributed by atoms with Crippen LogP contribution < -0.4 is 0 Å². The summed E-state index contributed by atoms with van der Waals surface area (Å²) in [6, 6.07) is 0. The summed E-state index contributed by atoms with van der Waals surface area (Å²) < 4.78 is 4.71. The van der Waals surface area contributed by atoms with E-state index in [1.165, 1.54) is 0 Å². The van der Waals surface area contributed by atoms with E-state index in [9.17, 15) is 0 Å². The molecule has 0 radical (unpaired) electrons. The molecule has 0 aliphatic carbocycles. The summed E-state index contributed by atoms with van der Waals surface area (Å²) in [7, 11) is 0. The summed E-state index contributed by atoms with van der Waals surface area (Å²) in [6.07, 6.45) is 1.93. The normalized spacial score (nSPS) is 12.0. The fourth-order valence-electron chi connectivity index (χ4n) is 0.359. The Morgan fingerprint density at radius 2 is 1.75 bits per heavy atom. The molecular formula is C6H13ClO. The van der Waals surface area contributed by atoms with Crippen LogP contribution in [0.3, 0.4) is 0 Å². The zero-order chi connectivity index (χ0) is 6.62. The maximum atomic E-state index is 5.21. The van der Waals surface area contributed by atoms with E-state index in [-0.39, 0.29) is 5.60 Å². The Hall–Kier alpha value is 0.250. The molecule has 0 heterocycles. The van der Waals surface area contributed by atoms with Crippen molar-refractivity contribution in [1.29, 1.82) is 0 Å². The molecule has 0 rings (SSSR count). The quantitative estimate of drug-likeness (QED) is 0.580. The summed E-state index contributed by atoms with van der Waals surface area (Å²) in [4.78, 5) is 0. The molecule has 0 aromatic heterocycles. The van der Waals surface area contributed by atoms with Crippen molar-refractivity contribution in [2.24, 2.45) is 0 Å². The van der Waals surface area contributed by atoms with E-state index in [1.54, 1.807) is 0 Å². The van der Waals surface area contributed by atoms with Crippen molar-refractivity contribution in [3.63, 3.8) is 0 Å². The predicted octanol–water partition coefficient (Wildman–Crippen LogP) is 2.74. The third-order valence-corrected chi connectivity index (χ3v) is 2.05. The molecule has 0 spiro atoms. The van der Waals surface area contributed by atoms with E-state index < -0.39 is 0 Å². The lowest BCUT2D eigenvalue weighted by Crippen LogP contribution is -2.21. The van der Waals surface area contributed by atoms with Crippen molar-refractivity contribution >= 4 is 11.9 Å². The average molecular weight is 137 g/mol. The Balaban J connectivity index is 3.58. The summed E-state index contributed by atoms with van der Waals surface area (Å²) in [5.74, 6) is 0. The fraction of sp³-hybridized carbons (Fsp3) is 1.00. The van der Waals surface area contributed by atoms with E-state index in [0.717, 1.165) is 12.8 Å². The van der Waals surface area contributed by atoms with Gasteiger partial charge in [-0.25, -0.2) is 0 Å². The Bertz CT molecular complexity index is 51.3. The minimum absolute atomic E-state index is 0.110. The van der Waals surface area contributed by atoms with Crippen LogP contribution in [0.5, 0.6) is 0 Å². The highest BCUT2D eigenvalue weighted by atomic mass is 35.5. The van der Waals surface area contributed by atoms with Crippen LogP contribution in [0.1, 0.15) is 33.6 Å². The molecule has 0 N–H and O–H groups in total. The van der Waals surface area contributed by atoms with Gasteiger partial charge in [-0.3, -0.25) is 4.29 Å². The monoisotopic (exact) mass is 136 g/mol. The second-order valence-corrected chi connectivity index (χ2v) is 2.39. The lowest BCUT2D eigenvalue weighted by molar-refractivity contribution is 0.0938. The van der Waals surface area contributed by atoms with Crippen LogP contribution in [0.2, 0.25) is 0 Å². The van der Waals surface area contributed by atoms with Crippen LogP contribution in [0, 0.1) is 0 Å². The minimum atomic E-state index is -0.110. The lowest BCUT2D eigenvalue weighted by atomic mass is 10.0. The smallest absolute Gasteiger partial charge is 0.0864 e. The highest BCUT2D eigenvalue weighted by Gasteiger charge is 2.18. The van der Waals surface area contributed by atoms with Gasteiger partial charge in [-0.2, -0.15) is 0 Å². The summed E-state index contributed by atoms with van der Waals surface area (Å²) in [5.41, 5.74) is -0.110. The Labute approximate surface area is 56.2 Å². The summed E-state index contributed by atoms with van der Waals surface area (Å²) in [6.45, 7) is 6.12. The Kier molecular flexibility index (Phi) is 3.41. The molecule has 0 bridgehead atoms. The second-order valence-electron chi connectivity index (χ2n) is 2.23. The molecule has 0 aliphatic heterocycles. The minimum Gasteiger partial charge on any atom is -0.273 e. The molecule has 50 valence electrons. The van der Waals surface area contributed by atoms with E-state index >= 15 is 0 Å². The Morgan fingerprint density at radius 3 is 1.75 bits per heavy atom. The van der Waals surface area contributed by atoms with Gasteiger partial charge < -0.3 is 0 Å². The predicted molar refractivity (Wildman–Crippen MR) is 35.9 cm³/mol. The molecule has 2 heteroatoms. The summed E-state index contributed by atoms with van der Waals surface area (Å²) in [5, 5.41) is 0. The maximum Gasteiger partial charge on any atom is 0.0864 e. The van der Waals surface area contributed by atoms with E-state index in [2.05, 4.69) is 13.8 Å². The highest BCUT2D eigenvalue weighted by Crippen LogP contribution is 2.20. The highest BCUT2D eigenvalue weighted by molar-refractivity contribution is 6.07. The molecule has 0 unspecified atom stereocenters. The zero-order valence-corrected chi connectivity index (χ0v) is 6.46. The third kappa shape index (κ3) is 2.01. The van der Waals surface area contributed by atoms with Crippen molar-refractivity contribution in [3.05, 3.63) is 0 Å². The first-order valence-corrected chi connectivity index (χ1v) is 3.29. The van der Waals surface area contributed by atoms with Gasteiger partial charge in [0, 0.05) is 0 Å². The molecule has 0 saturated heterocycles. The second kappa shape index (κ2) is 3.31.